The number of carbonyl (C=O) groups is 8. The van der Waals surface area contributed by atoms with Crippen LogP contribution >= 0.6 is 0 Å². The Kier molecular flexibility index (Phi) is 26.2. The summed E-state index contributed by atoms with van der Waals surface area (Å²) in [4.78, 5) is 117. The molecule has 83 heavy (non-hydrogen) atoms. The number of nitrogens with zero attached hydrogens (tertiary/aromatic N) is 2. The van der Waals surface area contributed by atoms with E-state index < -0.39 is 71.4 Å². The van der Waals surface area contributed by atoms with Gasteiger partial charge in [-0.25, -0.2) is 0 Å². The molecule has 0 aliphatic rings. The maximum absolute atomic E-state index is 14.3. The standard InChI is InChI=1S/C54H75N17O12/c1-80-41-17-13-29(25-33(41)45(58)72)66-50(77)38(10-6-22-56)69-46(73)35-27-31(15-19-43(35)82-3)67-52(79)40(12-8-24-64-54(61)62)71-48(75)36-28-32(16-20-44(36)83-4)68-51(78)39(11-7-23-63-53(59)60)70-47(74)34-26-30(14-18-42(34)81-2)65-49(76)37(57)9-5-21-55/h13-20,25-28,37-40H,5-12,21-24,55-57H2,1-4H3,(H2,58,72)(H,65,76)(H,66,77)(H,67,79)(H,68,78)(H,69,73)(H,70,74)(H,71,75)(H4,59,60,63)(H4,61,62,64)/t37?,38-,39-,40-/m1/s1. The van der Waals surface area contributed by atoms with E-state index in [1.54, 1.807) is 0 Å². The maximum atomic E-state index is 14.3. The first kappa shape index (κ1) is 65.8. The molecule has 4 rings (SSSR count). The van der Waals surface area contributed by atoms with Gasteiger partial charge in [-0.05, 0) is 137 Å². The molecule has 4 aromatic carbocycles. The fraction of sp³-hybridized carbons (Fsp3) is 0.370. The number of ether oxygens (including phenoxy) is 4. The third kappa shape index (κ3) is 20.4. The smallest absolute Gasteiger partial charge is 0.255 e. The van der Waals surface area contributed by atoms with Crippen molar-refractivity contribution in [2.24, 2.45) is 55.9 Å². The molecule has 0 saturated heterocycles. The molecule has 0 radical (unpaired) electrons. The van der Waals surface area contributed by atoms with Crippen LogP contribution in [0.1, 0.15) is 92.8 Å². The highest BCUT2D eigenvalue weighted by molar-refractivity contribution is 6.07. The Morgan fingerprint density at radius 3 is 1.01 bits per heavy atom. The van der Waals surface area contributed by atoms with E-state index in [-0.39, 0.29) is 132 Å². The summed E-state index contributed by atoms with van der Waals surface area (Å²) in [6.07, 6.45) is 1.70. The number of nitrogens with one attached hydrogen (secondary N) is 7. The van der Waals surface area contributed by atoms with E-state index in [0.717, 1.165) is 0 Å². The third-order valence-corrected chi connectivity index (χ3v) is 12.4. The molecule has 0 aliphatic heterocycles. The Labute approximate surface area is 479 Å². The van der Waals surface area contributed by atoms with Gasteiger partial charge in [0, 0.05) is 35.8 Å². The second-order valence-electron chi connectivity index (χ2n) is 18.4. The number of guanidine groups is 2. The van der Waals surface area contributed by atoms with E-state index in [0.29, 0.717) is 25.8 Å². The number of anilines is 4. The lowest BCUT2D eigenvalue weighted by Crippen LogP contribution is -2.44. The van der Waals surface area contributed by atoms with Crippen LogP contribution in [0.3, 0.4) is 0 Å². The van der Waals surface area contributed by atoms with Crippen molar-refractivity contribution in [1.29, 1.82) is 0 Å². The summed E-state index contributed by atoms with van der Waals surface area (Å²) < 4.78 is 21.6. The summed E-state index contributed by atoms with van der Waals surface area (Å²) in [6, 6.07) is 12.4. The average Bonchev–Trinajstić information content (AvgIpc) is 3.52. The van der Waals surface area contributed by atoms with Crippen molar-refractivity contribution >= 4 is 81.9 Å². The number of benzene rings is 4. The van der Waals surface area contributed by atoms with Crippen LogP contribution in [0.15, 0.2) is 82.8 Å². The van der Waals surface area contributed by atoms with Crippen LogP contribution in [0.2, 0.25) is 0 Å². The Morgan fingerprint density at radius 2 is 0.711 bits per heavy atom. The average molecular weight is 1150 g/mol. The molecule has 0 heterocycles. The zero-order valence-electron chi connectivity index (χ0n) is 46.6. The zero-order chi connectivity index (χ0) is 61.2. The van der Waals surface area contributed by atoms with Gasteiger partial charge in [-0.1, -0.05) is 0 Å². The summed E-state index contributed by atoms with van der Waals surface area (Å²) in [7, 11) is 5.33. The minimum Gasteiger partial charge on any atom is -0.496 e. The molecule has 23 N–H and O–H groups in total. The molecular weight excluding hydrogens is 1080 g/mol. The van der Waals surface area contributed by atoms with Gasteiger partial charge in [0.15, 0.2) is 11.9 Å². The molecular formula is C54H75N17O12. The summed E-state index contributed by atoms with van der Waals surface area (Å²) in [5.41, 5.74) is 45.4. The number of hydrogen-bond donors (Lipinski definition) is 15. The van der Waals surface area contributed by atoms with E-state index in [9.17, 15) is 38.4 Å². The van der Waals surface area contributed by atoms with Crippen LogP contribution in [-0.4, -0.2) is 138 Å². The van der Waals surface area contributed by atoms with E-state index in [1.165, 1.54) is 101 Å². The van der Waals surface area contributed by atoms with Gasteiger partial charge in [-0.2, -0.15) is 0 Å². The fourth-order valence-electron chi connectivity index (χ4n) is 8.10. The first-order valence-corrected chi connectivity index (χ1v) is 26.1. The molecule has 0 saturated carbocycles. The number of carbonyl (C=O) groups excluding carboxylic acids is 8. The van der Waals surface area contributed by atoms with Crippen LogP contribution < -0.4 is 102 Å². The van der Waals surface area contributed by atoms with Gasteiger partial charge in [0.1, 0.15) is 41.1 Å². The normalized spacial score (nSPS) is 12.1. The van der Waals surface area contributed by atoms with Crippen molar-refractivity contribution in [3.8, 4) is 23.0 Å². The highest BCUT2D eigenvalue weighted by atomic mass is 16.5. The van der Waals surface area contributed by atoms with Crippen LogP contribution in [0.25, 0.3) is 0 Å². The second kappa shape index (κ2) is 33.1. The number of hydrogen-bond acceptors (Lipinski definition) is 17. The predicted octanol–water partition coefficient (Wildman–Crippen LogP) is -0.118. The SMILES string of the molecule is COc1ccc(NC(=O)[C@@H](CCCN)NC(=O)c2cc(NC(=O)[C@@H](CCCN=C(N)N)NC(=O)c3cc(NC(=O)[C@@H](CCCN=C(N)N)NC(=O)c4cc(NC(=O)C(N)CCCN)ccc4OC)ccc3OC)ccc2OC)cc1C(N)=O. The first-order valence-electron chi connectivity index (χ1n) is 26.1. The third-order valence-electron chi connectivity index (χ3n) is 12.4. The quantitative estimate of drug-likeness (QED) is 0.0168. The molecule has 29 nitrogen and oxygen atoms in total. The lowest BCUT2D eigenvalue weighted by atomic mass is 10.1. The fourth-order valence-corrected chi connectivity index (χ4v) is 8.10. The van der Waals surface area contributed by atoms with Gasteiger partial charge in [0.25, 0.3) is 23.6 Å². The number of aliphatic imine (C=N–C) groups is 2. The monoisotopic (exact) mass is 1150 g/mol. The van der Waals surface area contributed by atoms with Gasteiger partial charge in [-0.15, -0.1) is 0 Å². The summed E-state index contributed by atoms with van der Waals surface area (Å²) in [5.74, 6) is -5.68. The molecule has 1 unspecified atom stereocenters. The highest BCUT2D eigenvalue weighted by Gasteiger charge is 2.29. The molecule has 0 bridgehead atoms. The topological polar surface area (TPSA) is 491 Å². The number of amides is 8. The molecule has 29 heteroatoms. The lowest BCUT2D eigenvalue weighted by molar-refractivity contribution is -0.118. The lowest BCUT2D eigenvalue weighted by Gasteiger charge is -2.21. The molecule has 8 amide bonds. The Morgan fingerprint density at radius 1 is 0.422 bits per heavy atom. The minimum atomic E-state index is -1.29. The van der Waals surface area contributed by atoms with Crippen molar-refractivity contribution < 1.29 is 57.3 Å². The van der Waals surface area contributed by atoms with Gasteiger partial charge < -0.3 is 102 Å². The molecule has 448 valence electrons. The minimum absolute atomic E-state index is 0.0137. The molecule has 0 aliphatic carbocycles. The Balaban J connectivity index is 1.60. The summed E-state index contributed by atoms with van der Waals surface area (Å²) in [6.45, 7) is 0.714. The van der Waals surface area contributed by atoms with Gasteiger partial charge in [0.05, 0.1) is 56.7 Å². The summed E-state index contributed by atoms with van der Waals surface area (Å²) in [5, 5.41) is 18.9. The van der Waals surface area contributed by atoms with Gasteiger partial charge >= 0.3 is 0 Å². The Hall–Kier alpha value is -9.74. The Bertz CT molecular complexity index is 3000. The van der Waals surface area contributed by atoms with E-state index >= 15 is 0 Å². The van der Waals surface area contributed by atoms with E-state index in [1.807, 2.05) is 0 Å². The van der Waals surface area contributed by atoms with Crippen LogP contribution in [0.5, 0.6) is 23.0 Å². The predicted molar refractivity (Wildman–Crippen MR) is 313 cm³/mol. The van der Waals surface area contributed by atoms with Crippen molar-refractivity contribution in [2.75, 3.05) is 75.9 Å². The molecule has 4 aromatic rings. The molecule has 0 spiro atoms. The summed E-state index contributed by atoms with van der Waals surface area (Å²) >= 11 is 0. The van der Waals surface area contributed by atoms with Crippen molar-refractivity contribution in [1.82, 2.24) is 16.0 Å². The number of primary amides is 1. The van der Waals surface area contributed by atoms with Gasteiger partial charge in [-0.3, -0.25) is 48.3 Å². The molecule has 0 fully saturated rings. The zero-order valence-corrected chi connectivity index (χ0v) is 46.6. The second-order valence-corrected chi connectivity index (χ2v) is 18.4. The maximum Gasteiger partial charge on any atom is 0.255 e. The molecule has 4 atom stereocenters. The van der Waals surface area contributed by atoms with Crippen molar-refractivity contribution in [2.45, 2.75) is 75.5 Å². The van der Waals surface area contributed by atoms with E-state index in [2.05, 4.69) is 47.2 Å². The van der Waals surface area contributed by atoms with Crippen LogP contribution in [0.4, 0.5) is 22.7 Å². The number of methoxy groups -OCH3 is 4. The largest absolute Gasteiger partial charge is 0.496 e. The van der Waals surface area contributed by atoms with Gasteiger partial charge in [0.2, 0.25) is 23.6 Å². The molecule has 0 aromatic heterocycles. The first-order chi connectivity index (χ1) is 39.7. The van der Waals surface area contributed by atoms with Crippen molar-refractivity contribution in [3.63, 3.8) is 0 Å². The number of rotatable bonds is 33. The van der Waals surface area contributed by atoms with Crippen LogP contribution in [0, 0.1) is 0 Å². The number of nitrogens with two attached hydrogens (primary N) is 8. The van der Waals surface area contributed by atoms with Crippen LogP contribution in [-0.2, 0) is 19.2 Å². The highest BCUT2D eigenvalue weighted by Crippen LogP contribution is 2.28. The van der Waals surface area contributed by atoms with Crippen molar-refractivity contribution in [3.05, 3.63) is 95.1 Å². The van der Waals surface area contributed by atoms with E-state index in [4.69, 9.17) is 64.8 Å².